The minimum atomic E-state index is 0.111. The van der Waals surface area contributed by atoms with Gasteiger partial charge in [0.2, 0.25) is 11.7 Å². The van der Waals surface area contributed by atoms with Gasteiger partial charge in [0.1, 0.15) is 0 Å². The first-order chi connectivity index (χ1) is 13.7. The summed E-state index contributed by atoms with van der Waals surface area (Å²) >= 11 is 1.62. The molecule has 7 heteroatoms. The standard InChI is InChI=1S/C21H24N4O2S/c1-16(26)17-6-8-18(9-7-17)25-13-11-24(12-14-25)10-2-5-20-22-21(23-27-20)19-4-3-15-28-19/h3-4,6-9,15H,2,5,10-14H2,1H3. The molecule has 2 aromatic heterocycles. The Bertz CT molecular complexity index is 897. The van der Waals surface area contributed by atoms with E-state index in [1.165, 1.54) is 5.69 Å². The Hall–Kier alpha value is -2.51. The monoisotopic (exact) mass is 396 g/mol. The van der Waals surface area contributed by atoms with Crippen LogP contribution in [0.25, 0.3) is 10.7 Å². The number of anilines is 1. The molecule has 1 saturated heterocycles. The summed E-state index contributed by atoms with van der Waals surface area (Å²) in [5.41, 5.74) is 1.96. The van der Waals surface area contributed by atoms with Crippen molar-refractivity contribution < 1.29 is 9.32 Å². The van der Waals surface area contributed by atoms with Gasteiger partial charge >= 0.3 is 0 Å². The third-order valence-electron chi connectivity index (χ3n) is 5.09. The summed E-state index contributed by atoms with van der Waals surface area (Å²) in [5.74, 6) is 1.52. The smallest absolute Gasteiger partial charge is 0.227 e. The van der Waals surface area contributed by atoms with Crippen LogP contribution in [0.2, 0.25) is 0 Å². The van der Waals surface area contributed by atoms with E-state index >= 15 is 0 Å². The van der Waals surface area contributed by atoms with Crippen LogP contribution >= 0.6 is 11.3 Å². The summed E-state index contributed by atoms with van der Waals surface area (Å²) in [4.78, 5) is 21.8. The highest BCUT2D eigenvalue weighted by Crippen LogP contribution is 2.22. The molecule has 0 unspecified atom stereocenters. The SMILES string of the molecule is CC(=O)c1ccc(N2CCN(CCCc3nc(-c4cccs4)no3)CC2)cc1. The first-order valence-electron chi connectivity index (χ1n) is 9.64. The topological polar surface area (TPSA) is 62.5 Å². The molecule has 0 radical (unpaired) electrons. The maximum absolute atomic E-state index is 11.4. The van der Waals surface area contributed by atoms with Crippen molar-refractivity contribution in [3.8, 4) is 10.7 Å². The number of Topliss-reactive ketones (excluding diaryl/α,β-unsaturated/α-hetero) is 1. The molecule has 0 saturated carbocycles. The number of piperazine rings is 1. The van der Waals surface area contributed by atoms with Crippen molar-refractivity contribution in [2.24, 2.45) is 0 Å². The highest BCUT2D eigenvalue weighted by Gasteiger charge is 2.17. The van der Waals surface area contributed by atoms with Gasteiger partial charge in [0.15, 0.2) is 5.78 Å². The molecule has 3 heterocycles. The molecule has 0 amide bonds. The second-order valence-electron chi connectivity index (χ2n) is 7.02. The third-order valence-corrected chi connectivity index (χ3v) is 5.95. The second-order valence-corrected chi connectivity index (χ2v) is 7.97. The quantitative estimate of drug-likeness (QED) is 0.567. The lowest BCUT2D eigenvalue weighted by Crippen LogP contribution is -2.46. The fraction of sp³-hybridized carbons (Fsp3) is 0.381. The van der Waals surface area contributed by atoms with Gasteiger partial charge in [-0.3, -0.25) is 9.69 Å². The number of hydrogen-bond donors (Lipinski definition) is 0. The maximum Gasteiger partial charge on any atom is 0.227 e. The molecular formula is C21H24N4O2S. The summed E-state index contributed by atoms with van der Waals surface area (Å²) in [7, 11) is 0. The number of hydrogen-bond acceptors (Lipinski definition) is 7. The predicted octanol–water partition coefficient (Wildman–Crippen LogP) is 3.76. The molecule has 1 aliphatic heterocycles. The normalized spacial score (nSPS) is 15.1. The van der Waals surface area contributed by atoms with Gasteiger partial charge in [0.05, 0.1) is 4.88 Å². The largest absolute Gasteiger partial charge is 0.369 e. The van der Waals surface area contributed by atoms with Gasteiger partial charge in [-0.25, -0.2) is 0 Å². The Morgan fingerprint density at radius 3 is 2.61 bits per heavy atom. The summed E-state index contributed by atoms with van der Waals surface area (Å²) in [6.45, 7) is 6.72. The number of thiophene rings is 1. The van der Waals surface area contributed by atoms with E-state index in [1.54, 1.807) is 18.3 Å². The fourth-order valence-electron chi connectivity index (χ4n) is 3.45. The van der Waals surface area contributed by atoms with E-state index in [2.05, 4.69) is 19.9 Å². The number of rotatable bonds is 7. The molecule has 28 heavy (non-hydrogen) atoms. The fourth-order valence-corrected chi connectivity index (χ4v) is 4.10. The minimum absolute atomic E-state index is 0.111. The highest BCUT2D eigenvalue weighted by atomic mass is 32.1. The van der Waals surface area contributed by atoms with Crippen molar-refractivity contribution in [3.63, 3.8) is 0 Å². The van der Waals surface area contributed by atoms with E-state index in [4.69, 9.17) is 4.52 Å². The van der Waals surface area contributed by atoms with Crippen molar-refractivity contribution >= 4 is 22.8 Å². The Labute approximate surface area is 168 Å². The zero-order valence-corrected chi connectivity index (χ0v) is 16.8. The minimum Gasteiger partial charge on any atom is -0.369 e. The average Bonchev–Trinajstić information content (AvgIpc) is 3.40. The molecule has 0 bridgehead atoms. The number of aromatic nitrogens is 2. The van der Waals surface area contributed by atoms with Gasteiger partial charge in [-0.2, -0.15) is 4.98 Å². The maximum atomic E-state index is 11.4. The van der Waals surface area contributed by atoms with Crippen molar-refractivity contribution in [1.29, 1.82) is 0 Å². The van der Waals surface area contributed by atoms with Crippen molar-refractivity contribution in [2.75, 3.05) is 37.6 Å². The first kappa shape index (κ1) is 18.8. The van der Waals surface area contributed by atoms with Crippen molar-refractivity contribution in [1.82, 2.24) is 15.0 Å². The summed E-state index contributed by atoms with van der Waals surface area (Å²) < 4.78 is 5.37. The highest BCUT2D eigenvalue weighted by molar-refractivity contribution is 7.13. The van der Waals surface area contributed by atoms with Gasteiger partial charge in [0, 0.05) is 43.9 Å². The lowest BCUT2D eigenvalue weighted by atomic mass is 10.1. The molecule has 1 aliphatic rings. The molecule has 3 aromatic rings. The average molecular weight is 397 g/mol. The lowest BCUT2D eigenvalue weighted by Gasteiger charge is -2.36. The number of carbonyl (C=O) groups is 1. The van der Waals surface area contributed by atoms with Gasteiger partial charge in [-0.05, 0) is 55.6 Å². The second kappa shape index (κ2) is 8.67. The predicted molar refractivity (Wildman–Crippen MR) is 111 cm³/mol. The number of carbonyl (C=O) groups excluding carboxylic acids is 1. The Morgan fingerprint density at radius 1 is 1.14 bits per heavy atom. The van der Waals surface area contributed by atoms with Gasteiger partial charge in [-0.1, -0.05) is 11.2 Å². The molecular weight excluding hydrogens is 372 g/mol. The molecule has 0 atom stereocenters. The van der Waals surface area contributed by atoms with Crippen LogP contribution in [0.15, 0.2) is 46.3 Å². The molecule has 146 valence electrons. The zero-order chi connectivity index (χ0) is 19.3. The molecule has 6 nitrogen and oxygen atoms in total. The van der Waals surface area contributed by atoms with E-state index in [-0.39, 0.29) is 5.78 Å². The summed E-state index contributed by atoms with van der Waals surface area (Å²) in [6, 6.07) is 11.9. The van der Waals surface area contributed by atoms with Crippen molar-refractivity contribution in [3.05, 3.63) is 53.2 Å². The Kier molecular flexibility index (Phi) is 5.83. The van der Waals surface area contributed by atoms with Crippen LogP contribution in [0, 0.1) is 0 Å². The number of ketones is 1. The van der Waals surface area contributed by atoms with E-state index in [0.717, 1.165) is 56.0 Å². The molecule has 4 rings (SSSR count). The van der Waals surface area contributed by atoms with Crippen LogP contribution in [0.3, 0.4) is 0 Å². The van der Waals surface area contributed by atoms with E-state index in [0.29, 0.717) is 11.7 Å². The van der Waals surface area contributed by atoms with E-state index in [1.807, 2.05) is 41.8 Å². The Balaban J connectivity index is 1.21. The first-order valence-corrected chi connectivity index (χ1v) is 10.5. The van der Waals surface area contributed by atoms with Gasteiger partial charge in [0.25, 0.3) is 0 Å². The van der Waals surface area contributed by atoms with Crippen LogP contribution in [0.1, 0.15) is 29.6 Å². The molecule has 1 aromatic carbocycles. The van der Waals surface area contributed by atoms with Crippen LogP contribution in [-0.2, 0) is 6.42 Å². The van der Waals surface area contributed by atoms with E-state index in [9.17, 15) is 4.79 Å². The molecule has 0 spiro atoms. The van der Waals surface area contributed by atoms with Crippen LogP contribution < -0.4 is 4.90 Å². The Morgan fingerprint density at radius 2 is 1.93 bits per heavy atom. The lowest BCUT2D eigenvalue weighted by molar-refractivity contribution is 0.101. The molecule has 0 aliphatic carbocycles. The van der Waals surface area contributed by atoms with Crippen LogP contribution in [0.4, 0.5) is 5.69 Å². The molecule has 0 N–H and O–H groups in total. The van der Waals surface area contributed by atoms with E-state index < -0.39 is 0 Å². The van der Waals surface area contributed by atoms with Gasteiger partial charge in [-0.15, -0.1) is 11.3 Å². The number of nitrogens with zero attached hydrogens (tertiary/aromatic N) is 4. The van der Waals surface area contributed by atoms with Crippen molar-refractivity contribution in [2.45, 2.75) is 19.8 Å². The third kappa shape index (κ3) is 4.48. The van der Waals surface area contributed by atoms with Crippen LogP contribution in [-0.4, -0.2) is 53.5 Å². The van der Waals surface area contributed by atoms with Crippen LogP contribution in [0.5, 0.6) is 0 Å². The van der Waals surface area contributed by atoms with Gasteiger partial charge < -0.3 is 9.42 Å². The number of aryl methyl sites for hydroxylation is 1. The summed E-state index contributed by atoms with van der Waals surface area (Å²) in [6.07, 6.45) is 1.82. The summed E-state index contributed by atoms with van der Waals surface area (Å²) in [5, 5.41) is 6.08. The number of benzene rings is 1. The zero-order valence-electron chi connectivity index (χ0n) is 16.0. The molecule has 1 fully saturated rings.